The number of rotatable bonds is 17. The molecule has 2 rings (SSSR count). The van der Waals surface area contributed by atoms with Gasteiger partial charge in [0.05, 0.1) is 33.3 Å². The topological polar surface area (TPSA) is 156 Å². The molecule has 0 bridgehead atoms. The van der Waals surface area contributed by atoms with Crippen molar-refractivity contribution in [3.8, 4) is 11.5 Å². The number of nitrogens with one attached hydrogen (secondary N) is 2. The molecule has 0 heterocycles. The Balaban J connectivity index is 2.06. The number of carbonyl (C=O) groups excluding carboxylic acids is 5. The van der Waals surface area contributed by atoms with E-state index in [1.165, 1.54) is 19.2 Å². The summed E-state index contributed by atoms with van der Waals surface area (Å²) in [4.78, 5) is 61.2. The maximum absolute atomic E-state index is 13.0. The molecule has 0 saturated carbocycles. The predicted octanol–water partition coefficient (Wildman–Crippen LogP) is 1.74. The number of carbonyl (C=O) groups is 5. The van der Waals surface area contributed by atoms with Crippen molar-refractivity contribution < 1.29 is 47.7 Å². The van der Waals surface area contributed by atoms with Crippen LogP contribution in [0.5, 0.6) is 11.5 Å². The average molecular weight is 573 g/mol. The van der Waals surface area contributed by atoms with E-state index in [0.717, 1.165) is 0 Å². The van der Waals surface area contributed by atoms with Crippen molar-refractivity contribution in [2.45, 2.75) is 45.3 Å². The van der Waals surface area contributed by atoms with Crippen LogP contribution in [-0.2, 0) is 44.6 Å². The van der Waals surface area contributed by atoms with Crippen molar-refractivity contribution in [3.05, 3.63) is 60.2 Å². The Morgan fingerprint density at radius 2 is 1.44 bits per heavy atom. The third-order valence-corrected chi connectivity index (χ3v) is 5.47. The van der Waals surface area contributed by atoms with E-state index in [1.54, 1.807) is 38.1 Å². The first-order chi connectivity index (χ1) is 19.8. The van der Waals surface area contributed by atoms with E-state index in [-0.39, 0.29) is 51.4 Å². The molecule has 2 amide bonds. The monoisotopic (exact) mass is 572 g/mol. The number of hydrogen-bond acceptors (Lipinski definition) is 10. The lowest BCUT2D eigenvalue weighted by Crippen LogP contribution is -2.48. The third kappa shape index (κ3) is 12.0. The summed E-state index contributed by atoms with van der Waals surface area (Å²) in [6, 6.07) is 14.4. The smallest absolute Gasteiger partial charge is 0.359 e. The number of amides is 2. The Morgan fingerprint density at radius 1 is 0.805 bits per heavy atom. The van der Waals surface area contributed by atoms with Crippen molar-refractivity contribution in [1.29, 1.82) is 0 Å². The minimum Gasteiger partial charge on any atom is -0.492 e. The van der Waals surface area contributed by atoms with Crippen molar-refractivity contribution in [1.82, 2.24) is 10.6 Å². The largest absolute Gasteiger partial charge is 0.492 e. The molecule has 0 saturated heterocycles. The van der Waals surface area contributed by atoms with E-state index in [1.807, 2.05) is 18.2 Å². The average Bonchev–Trinajstić information content (AvgIpc) is 2.97. The predicted molar refractivity (Wildman–Crippen MR) is 146 cm³/mol. The van der Waals surface area contributed by atoms with Crippen LogP contribution in [0.2, 0.25) is 0 Å². The highest BCUT2D eigenvalue weighted by molar-refractivity contribution is 5.98. The lowest BCUT2D eigenvalue weighted by molar-refractivity contribution is -0.166. The number of hydrogen-bond donors (Lipinski definition) is 2. The fourth-order valence-corrected chi connectivity index (χ4v) is 3.48. The van der Waals surface area contributed by atoms with E-state index >= 15 is 0 Å². The first-order valence-electron chi connectivity index (χ1n) is 13.2. The molecule has 0 unspecified atom stereocenters. The van der Waals surface area contributed by atoms with Gasteiger partial charge in [-0.15, -0.1) is 0 Å². The summed E-state index contributed by atoms with van der Waals surface area (Å²) in [6.45, 7) is 3.73. The van der Waals surface area contributed by atoms with E-state index in [2.05, 4.69) is 15.4 Å². The quantitative estimate of drug-likeness (QED) is 0.124. The van der Waals surface area contributed by atoms with E-state index in [9.17, 15) is 24.0 Å². The van der Waals surface area contributed by atoms with Crippen molar-refractivity contribution >= 4 is 29.7 Å². The Kier molecular flexibility index (Phi) is 14.2. The molecule has 0 radical (unpaired) electrons. The molecule has 0 aliphatic rings. The number of benzene rings is 2. The van der Waals surface area contributed by atoms with Crippen LogP contribution < -0.4 is 20.1 Å². The molecule has 0 aromatic heterocycles. The van der Waals surface area contributed by atoms with Crippen LogP contribution in [0.15, 0.2) is 54.6 Å². The first kappa shape index (κ1) is 32.6. The summed E-state index contributed by atoms with van der Waals surface area (Å²) in [7, 11) is 1.23. The fourth-order valence-electron chi connectivity index (χ4n) is 3.48. The zero-order valence-electron chi connectivity index (χ0n) is 23.4. The maximum Gasteiger partial charge on any atom is 0.359 e. The molecular weight excluding hydrogens is 536 g/mol. The second-order valence-electron chi connectivity index (χ2n) is 8.50. The minimum atomic E-state index is -1.59. The number of methoxy groups -OCH3 is 1. The molecule has 2 aromatic rings. The van der Waals surface area contributed by atoms with Crippen LogP contribution in [0.25, 0.3) is 0 Å². The van der Waals surface area contributed by atoms with Crippen LogP contribution in [0.4, 0.5) is 0 Å². The maximum atomic E-state index is 13.0. The van der Waals surface area contributed by atoms with Gasteiger partial charge in [0, 0.05) is 12.8 Å². The molecule has 1 atom stereocenters. The lowest BCUT2D eigenvalue weighted by atomic mass is 10.0. The van der Waals surface area contributed by atoms with Crippen LogP contribution in [-0.4, -0.2) is 75.3 Å². The molecule has 0 aliphatic carbocycles. The third-order valence-electron chi connectivity index (χ3n) is 5.47. The second-order valence-corrected chi connectivity index (χ2v) is 8.50. The Hall–Kier alpha value is -4.61. The fraction of sp³-hybridized carbons (Fsp3) is 0.414. The van der Waals surface area contributed by atoms with Gasteiger partial charge in [-0.25, -0.2) is 9.59 Å². The molecular formula is C29H36N2O10. The Morgan fingerprint density at radius 3 is 2.02 bits per heavy atom. The van der Waals surface area contributed by atoms with Gasteiger partial charge < -0.3 is 34.3 Å². The zero-order valence-corrected chi connectivity index (χ0v) is 23.4. The molecule has 41 heavy (non-hydrogen) atoms. The SMILES string of the molecule is CCOC(=O)C(Oc1ccc(C[C@H](NC(=O)CCC(=O)OC)C(=O)NCCOc2ccccc2)cc1)C(=O)OCC. The molecule has 2 aromatic carbocycles. The normalized spacial score (nSPS) is 11.1. The standard InChI is InChI=1S/C29H36N2O10/c1-4-38-28(35)26(29(36)39-5-2)41-22-13-11-20(12-14-22)19-23(31-24(32)15-16-25(33)37-3)27(34)30-17-18-40-21-9-7-6-8-10-21/h6-14,23,26H,4-5,15-19H2,1-3H3,(H,30,34)(H,31,32)/t23-/m0/s1. The van der Waals surface area contributed by atoms with Crippen LogP contribution in [0.1, 0.15) is 32.3 Å². The van der Waals surface area contributed by atoms with Gasteiger partial charge in [-0.3, -0.25) is 14.4 Å². The molecule has 12 heteroatoms. The molecule has 222 valence electrons. The molecule has 2 N–H and O–H groups in total. The summed E-state index contributed by atoms with van der Waals surface area (Å²) in [5.41, 5.74) is 0.648. The van der Waals surface area contributed by atoms with Crippen molar-refractivity contribution in [2.75, 3.05) is 33.5 Å². The van der Waals surface area contributed by atoms with Crippen molar-refractivity contribution in [3.63, 3.8) is 0 Å². The summed E-state index contributed by atoms with van der Waals surface area (Å²) in [6.07, 6.45) is -1.76. The highest BCUT2D eigenvalue weighted by atomic mass is 16.6. The zero-order chi connectivity index (χ0) is 30.0. The van der Waals surface area contributed by atoms with Gasteiger partial charge in [0.15, 0.2) is 0 Å². The number of para-hydroxylation sites is 1. The van der Waals surface area contributed by atoms with Gasteiger partial charge in [-0.1, -0.05) is 30.3 Å². The second kappa shape index (κ2) is 17.9. The van der Waals surface area contributed by atoms with E-state index < -0.39 is 41.9 Å². The Labute approximate surface area is 238 Å². The van der Waals surface area contributed by atoms with Gasteiger partial charge in [0.1, 0.15) is 24.1 Å². The van der Waals surface area contributed by atoms with E-state index in [0.29, 0.717) is 11.3 Å². The minimum absolute atomic E-state index is 0.0597. The summed E-state index contributed by atoms with van der Waals surface area (Å²) in [5.74, 6) is -2.39. The van der Waals surface area contributed by atoms with E-state index in [4.69, 9.17) is 18.9 Å². The molecule has 0 aliphatic heterocycles. The summed E-state index contributed by atoms with van der Waals surface area (Å²) in [5, 5.41) is 5.40. The van der Waals surface area contributed by atoms with Gasteiger partial charge in [-0.05, 0) is 43.7 Å². The van der Waals surface area contributed by atoms with Crippen LogP contribution in [0.3, 0.4) is 0 Å². The summed E-state index contributed by atoms with van der Waals surface area (Å²) >= 11 is 0. The lowest BCUT2D eigenvalue weighted by Gasteiger charge is -2.19. The number of ether oxygens (including phenoxy) is 5. The van der Waals surface area contributed by atoms with Crippen LogP contribution in [0, 0.1) is 0 Å². The van der Waals surface area contributed by atoms with Crippen molar-refractivity contribution in [2.24, 2.45) is 0 Å². The van der Waals surface area contributed by atoms with Gasteiger partial charge in [0.2, 0.25) is 11.8 Å². The van der Waals surface area contributed by atoms with Gasteiger partial charge in [0.25, 0.3) is 6.10 Å². The molecule has 0 spiro atoms. The molecule has 0 fully saturated rings. The molecule has 12 nitrogen and oxygen atoms in total. The summed E-state index contributed by atoms with van der Waals surface area (Å²) < 4.78 is 25.5. The van der Waals surface area contributed by atoms with Crippen LogP contribution >= 0.6 is 0 Å². The van der Waals surface area contributed by atoms with Gasteiger partial charge in [-0.2, -0.15) is 0 Å². The van der Waals surface area contributed by atoms with Gasteiger partial charge >= 0.3 is 17.9 Å². The highest BCUT2D eigenvalue weighted by Gasteiger charge is 2.32. The highest BCUT2D eigenvalue weighted by Crippen LogP contribution is 2.17. The number of esters is 3. The Bertz CT molecular complexity index is 1120. The first-order valence-corrected chi connectivity index (χ1v) is 13.2.